The van der Waals surface area contributed by atoms with Crippen molar-refractivity contribution in [3.05, 3.63) is 119 Å². The molecule has 0 aliphatic heterocycles. The molecule has 4 aromatic carbocycles. The van der Waals surface area contributed by atoms with E-state index in [4.69, 9.17) is 4.74 Å². The first-order valence-electron chi connectivity index (χ1n) is 10.7. The number of nitrogens with one attached hydrogen (secondary N) is 2. The number of carbonyl (C=O) groups is 3. The molecule has 0 atom stereocenters. The maximum Gasteiger partial charge on any atom is 0.343 e. The van der Waals surface area contributed by atoms with Gasteiger partial charge in [0, 0.05) is 17.2 Å². The highest BCUT2D eigenvalue weighted by atomic mass is 16.5. The zero-order valence-corrected chi connectivity index (χ0v) is 18.4. The zero-order chi connectivity index (χ0) is 23.9. The number of hydrogen-bond acceptors (Lipinski definition) is 4. The van der Waals surface area contributed by atoms with Crippen molar-refractivity contribution in [1.82, 2.24) is 10.9 Å². The lowest BCUT2D eigenvalue weighted by Gasteiger charge is -2.09. The van der Waals surface area contributed by atoms with Crippen molar-refractivity contribution in [1.29, 1.82) is 0 Å². The summed E-state index contributed by atoms with van der Waals surface area (Å²) in [6.45, 7) is 1.89. The Hall–Kier alpha value is -4.71. The Morgan fingerprint density at radius 1 is 0.794 bits per heavy atom. The van der Waals surface area contributed by atoms with Crippen LogP contribution in [0.1, 0.15) is 31.8 Å². The van der Waals surface area contributed by atoms with E-state index in [2.05, 4.69) is 10.9 Å². The zero-order valence-electron chi connectivity index (χ0n) is 18.4. The largest absolute Gasteiger partial charge is 0.422 e. The molecule has 0 saturated heterocycles. The molecule has 0 spiro atoms. The van der Waals surface area contributed by atoms with Gasteiger partial charge in [-0.05, 0) is 48.0 Å². The van der Waals surface area contributed by atoms with Gasteiger partial charge in [0.1, 0.15) is 5.75 Å². The molecule has 2 N–H and O–H groups in total. The van der Waals surface area contributed by atoms with Gasteiger partial charge in [0.2, 0.25) is 0 Å². The first kappa shape index (κ1) is 22.5. The number of hydrazine groups is 1. The number of fused-ring (bicyclic) bond motifs is 1. The first-order chi connectivity index (χ1) is 16.5. The van der Waals surface area contributed by atoms with Crippen LogP contribution in [0.3, 0.4) is 0 Å². The Bertz CT molecular complexity index is 1400. The van der Waals surface area contributed by atoms with Crippen LogP contribution >= 0.6 is 0 Å². The summed E-state index contributed by atoms with van der Waals surface area (Å²) in [6.07, 6.45) is 2.76. The van der Waals surface area contributed by atoms with Crippen molar-refractivity contribution in [2.45, 2.75) is 6.92 Å². The van der Waals surface area contributed by atoms with Gasteiger partial charge in [-0.1, -0.05) is 72.3 Å². The van der Waals surface area contributed by atoms with E-state index < -0.39 is 17.8 Å². The summed E-state index contributed by atoms with van der Waals surface area (Å²) in [5.41, 5.74) is 7.18. The summed E-state index contributed by atoms with van der Waals surface area (Å²) in [6, 6.07) is 26.9. The van der Waals surface area contributed by atoms with E-state index >= 15 is 0 Å². The van der Waals surface area contributed by atoms with Crippen molar-refractivity contribution < 1.29 is 19.1 Å². The quantitative estimate of drug-likeness (QED) is 0.197. The van der Waals surface area contributed by atoms with Gasteiger partial charge in [-0.3, -0.25) is 20.4 Å². The molecular formula is C28H22N2O4. The predicted molar refractivity (Wildman–Crippen MR) is 131 cm³/mol. The minimum atomic E-state index is -0.534. The molecule has 4 aromatic rings. The lowest BCUT2D eigenvalue weighted by Crippen LogP contribution is -2.40. The minimum Gasteiger partial charge on any atom is -0.422 e. The molecule has 0 fully saturated rings. The van der Waals surface area contributed by atoms with E-state index in [0.29, 0.717) is 22.4 Å². The molecule has 0 aromatic heterocycles. The number of carbonyl (C=O) groups excluding carboxylic acids is 3. The van der Waals surface area contributed by atoms with Crippen molar-refractivity contribution >= 4 is 34.6 Å². The van der Waals surface area contributed by atoms with Crippen LogP contribution in [0.4, 0.5) is 0 Å². The van der Waals surface area contributed by atoms with Crippen LogP contribution in [0.5, 0.6) is 5.75 Å². The molecule has 0 aliphatic rings. The van der Waals surface area contributed by atoms with Gasteiger partial charge < -0.3 is 4.74 Å². The fourth-order valence-electron chi connectivity index (χ4n) is 3.46. The van der Waals surface area contributed by atoms with Gasteiger partial charge >= 0.3 is 5.97 Å². The van der Waals surface area contributed by atoms with Gasteiger partial charge in [-0.15, -0.1) is 0 Å². The lowest BCUT2D eigenvalue weighted by atomic mass is 10.0. The molecule has 0 radical (unpaired) electrons. The van der Waals surface area contributed by atoms with Crippen molar-refractivity contribution in [3.8, 4) is 5.75 Å². The number of ether oxygens (including phenoxy) is 1. The number of esters is 1. The summed E-state index contributed by atoms with van der Waals surface area (Å²) >= 11 is 0. The maximum atomic E-state index is 12.6. The van der Waals surface area contributed by atoms with Gasteiger partial charge in [-0.2, -0.15) is 0 Å². The monoisotopic (exact) mass is 450 g/mol. The molecule has 0 bridgehead atoms. The number of amides is 2. The Balaban J connectivity index is 1.40. The molecule has 168 valence electrons. The SMILES string of the molecule is Cc1cccc(C(=O)Oc2ccccc2/C=C/C(=O)NNC(=O)c2cccc3ccccc23)c1. The van der Waals surface area contributed by atoms with E-state index in [9.17, 15) is 14.4 Å². The van der Waals surface area contributed by atoms with Gasteiger partial charge in [0.25, 0.3) is 11.8 Å². The topological polar surface area (TPSA) is 84.5 Å². The van der Waals surface area contributed by atoms with Crippen LogP contribution in [0, 0.1) is 6.92 Å². The second kappa shape index (κ2) is 10.3. The summed E-state index contributed by atoms with van der Waals surface area (Å²) in [4.78, 5) is 37.3. The highest BCUT2D eigenvalue weighted by Gasteiger charge is 2.12. The normalized spacial score (nSPS) is 10.7. The van der Waals surface area contributed by atoms with Crippen LogP contribution in [-0.2, 0) is 4.79 Å². The Kier molecular flexibility index (Phi) is 6.79. The third-order valence-corrected chi connectivity index (χ3v) is 5.12. The first-order valence-corrected chi connectivity index (χ1v) is 10.7. The van der Waals surface area contributed by atoms with Crippen LogP contribution in [-0.4, -0.2) is 17.8 Å². The highest BCUT2D eigenvalue weighted by molar-refractivity contribution is 6.07. The Morgan fingerprint density at radius 3 is 2.38 bits per heavy atom. The fraction of sp³-hybridized carbons (Fsp3) is 0.0357. The van der Waals surface area contributed by atoms with E-state index in [-0.39, 0.29) is 0 Å². The third kappa shape index (κ3) is 5.37. The molecule has 6 heteroatoms. The molecule has 34 heavy (non-hydrogen) atoms. The van der Waals surface area contributed by atoms with E-state index in [0.717, 1.165) is 16.3 Å². The van der Waals surface area contributed by atoms with Gasteiger partial charge in [0.05, 0.1) is 5.56 Å². The second-order valence-electron chi connectivity index (χ2n) is 7.60. The number of para-hydroxylation sites is 1. The maximum absolute atomic E-state index is 12.6. The predicted octanol–water partition coefficient (Wildman–Crippen LogP) is 4.84. The van der Waals surface area contributed by atoms with Crippen LogP contribution < -0.4 is 15.6 Å². The summed E-state index contributed by atoms with van der Waals surface area (Å²) in [7, 11) is 0. The fourth-order valence-corrected chi connectivity index (χ4v) is 3.46. The average Bonchev–Trinajstić information content (AvgIpc) is 2.86. The third-order valence-electron chi connectivity index (χ3n) is 5.12. The van der Waals surface area contributed by atoms with Gasteiger partial charge in [0.15, 0.2) is 0 Å². The number of rotatable bonds is 5. The molecular weight excluding hydrogens is 428 g/mol. The minimum absolute atomic E-state index is 0.317. The average molecular weight is 450 g/mol. The molecule has 0 aliphatic carbocycles. The van der Waals surface area contributed by atoms with E-state index in [1.807, 2.05) is 43.3 Å². The number of benzene rings is 4. The van der Waals surface area contributed by atoms with Crippen molar-refractivity contribution in [3.63, 3.8) is 0 Å². The molecule has 0 heterocycles. The standard InChI is InChI=1S/C28H22N2O4/c1-19-8-6-12-22(18-19)28(33)34-25-15-5-3-10-21(25)16-17-26(31)29-30-27(32)24-14-7-11-20-9-2-4-13-23(20)24/h2-18H,1H3,(H,29,31)(H,30,32)/b17-16+. The summed E-state index contributed by atoms with van der Waals surface area (Å²) in [5, 5.41) is 1.72. The van der Waals surface area contributed by atoms with Crippen molar-refractivity contribution in [2.24, 2.45) is 0 Å². The van der Waals surface area contributed by atoms with Gasteiger partial charge in [-0.25, -0.2) is 4.79 Å². The smallest absolute Gasteiger partial charge is 0.343 e. The molecule has 0 saturated carbocycles. The lowest BCUT2D eigenvalue weighted by molar-refractivity contribution is -0.117. The molecule has 6 nitrogen and oxygen atoms in total. The van der Waals surface area contributed by atoms with E-state index in [1.54, 1.807) is 54.6 Å². The molecule has 0 unspecified atom stereocenters. The summed E-state index contributed by atoms with van der Waals surface area (Å²) in [5.74, 6) is -1.13. The Morgan fingerprint density at radius 2 is 1.53 bits per heavy atom. The Labute approximate surface area is 196 Å². The van der Waals surface area contributed by atoms with Crippen LogP contribution in [0.15, 0.2) is 97.1 Å². The number of aryl methyl sites for hydroxylation is 1. The second-order valence-corrected chi connectivity index (χ2v) is 7.60. The van der Waals surface area contributed by atoms with Crippen molar-refractivity contribution in [2.75, 3.05) is 0 Å². The highest BCUT2D eigenvalue weighted by Crippen LogP contribution is 2.21. The van der Waals surface area contributed by atoms with Crippen LogP contribution in [0.2, 0.25) is 0 Å². The number of hydrogen-bond donors (Lipinski definition) is 2. The molecule has 4 rings (SSSR count). The van der Waals surface area contributed by atoms with E-state index in [1.165, 1.54) is 12.2 Å². The molecule has 2 amide bonds. The summed E-state index contributed by atoms with van der Waals surface area (Å²) < 4.78 is 5.52. The van der Waals surface area contributed by atoms with Crippen LogP contribution in [0.25, 0.3) is 16.8 Å².